The molecular weight excluding hydrogens is 201 g/mol. The summed E-state index contributed by atoms with van der Waals surface area (Å²) in [5, 5.41) is 12.7. The second-order valence-electron chi connectivity index (χ2n) is 2.41. The molecule has 0 rings (SSSR count). The van der Waals surface area contributed by atoms with E-state index in [2.05, 4.69) is 5.32 Å². The number of rotatable bonds is 4. The molecule has 0 aromatic rings. The summed E-state index contributed by atoms with van der Waals surface area (Å²) in [5.41, 5.74) is 0.340. The van der Waals surface area contributed by atoms with Crippen molar-refractivity contribution in [3.63, 3.8) is 0 Å². The van der Waals surface area contributed by atoms with Crippen LogP contribution in [0.2, 0.25) is 0 Å². The number of carbonyl (C=O) groups is 1. The first-order chi connectivity index (χ1) is 6.41. The second-order valence-corrected chi connectivity index (χ2v) is 2.41. The standard InChI is InChI=1S/C7H11F3N2O2/c1-11-5(4-13)2-3-12-6(14)7(8,9)10/h4,11,13H,2-3H2,1H3,(H,12,14)/b5-4-. The maximum absolute atomic E-state index is 11.6. The lowest BCUT2D eigenvalue weighted by atomic mass is 10.3. The smallest absolute Gasteiger partial charge is 0.471 e. The fourth-order valence-corrected chi connectivity index (χ4v) is 0.665. The van der Waals surface area contributed by atoms with Crippen molar-refractivity contribution in [2.75, 3.05) is 13.6 Å². The molecule has 1 amide bonds. The highest BCUT2D eigenvalue weighted by Gasteiger charge is 2.38. The van der Waals surface area contributed by atoms with Crippen LogP contribution in [-0.4, -0.2) is 30.8 Å². The van der Waals surface area contributed by atoms with Crippen molar-refractivity contribution in [3.8, 4) is 0 Å². The molecule has 0 unspecified atom stereocenters. The molecule has 0 saturated heterocycles. The molecule has 82 valence electrons. The van der Waals surface area contributed by atoms with Gasteiger partial charge in [-0.2, -0.15) is 13.2 Å². The maximum Gasteiger partial charge on any atom is 0.471 e. The Morgan fingerprint density at radius 3 is 2.43 bits per heavy atom. The Hall–Kier alpha value is -1.40. The van der Waals surface area contributed by atoms with Gasteiger partial charge in [0.2, 0.25) is 0 Å². The quantitative estimate of drug-likeness (QED) is 0.600. The number of nitrogens with one attached hydrogen (secondary N) is 2. The number of hydrogen-bond acceptors (Lipinski definition) is 3. The van der Waals surface area contributed by atoms with Crippen LogP contribution < -0.4 is 10.6 Å². The van der Waals surface area contributed by atoms with Gasteiger partial charge in [0, 0.05) is 25.7 Å². The predicted octanol–water partition coefficient (Wildman–Crippen LogP) is 0.674. The average Bonchev–Trinajstić information content (AvgIpc) is 2.10. The summed E-state index contributed by atoms with van der Waals surface area (Å²) in [5.74, 6) is -1.98. The molecule has 14 heavy (non-hydrogen) atoms. The fourth-order valence-electron chi connectivity index (χ4n) is 0.665. The van der Waals surface area contributed by atoms with Gasteiger partial charge in [0.15, 0.2) is 0 Å². The summed E-state index contributed by atoms with van der Waals surface area (Å²) < 4.78 is 34.9. The third-order valence-electron chi connectivity index (χ3n) is 1.41. The minimum absolute atomic E-state index is 0.106. The molecular formula is C7H11F3N2O2. The van der Waals surface area contributed by atoms with E-state index in [4.69, 9.17) is 5.11 Å². The van der Waals surface area contributed by atoms with E-state index in [1.54, 1.807) is 5.32 Å². The molecule has 3 N–H and O–H groups in total. The lowest BCUT2D eigenvalue weighted by Gasteiger charge is -2.08. The molecule has 0 spiro atoms. The van der Waals surface area contributed by atoms with Crippen LogP contribution in [0.15, 0.2) is 12.0 Å². The monoisotopic (exact) mass is 212 g/mol. The molecule has 0 aliphatic rings. The lowest BCUT2D eigenvalue weighted by molar-refractivity contribution is -0.173. The van der Waals surface area contributed by atoms with Crippen LogP contribution in [0.5, 0.6) is 0 Å². The summed E-state index contributed by atoms with van der Waals surface area (Å²) in [6, 6.07) is 0. The minimum atomic E-state index is -4.86. The molecule has 0 heterocycles. The van der Waals surface area contributed by atoms with Crippen molar-refractivity contribution >= 4 is 5.91 Å². The van der Waals surface area contributed by atoms with Gasteiger partial charge in [-0.15, -0.1) is 0 Å². The van der Waals surface area contributed by atoms with Gasteiger partial charge < -0.3 is 15.7 Å². The first-order valence-electron chi connectivity index (χ1n) is 3.78. The van der Waals surface area contributed by atoms with Gasteiger partial charge in [0.25, 0.3) is 0 Å². The van der Waals surface area contributed by atoms with E-state index in [9.17, 15) is 18.0 Å². The third kappa shape index (κ3) is 4.58. The highest BCUT2D eigenvalue weighted by atomic mass is 19.4. The van der Waals surface area contributed by atoms with E-state index >= 15 is 0 Å². The molecule has 0 atom stereocenters. The highest BCUT2D eigenvalue weighted by Crippen LogP contribution is 2.13. The minimum Gasteiger partial charge on any atom is -0.514 e. The van der Waals surface area contributed by atoms with Crippen LogP contribution in [0.4, 0.5) is 13.2 Å². The van der Waals surface area contributed by atoms with E-state index in [1.807, 2.05) is 0 Å². The van der Waals surface area contributed by atoms with Crippen LogP contribution in [0.1, 0.15) is 6.42 Å². The molecule has 7 heteroatoms. The molecule has 0 aromatic heterocycles. The Balaban J connectivity index is 3.81. The summed E-state index contributed by atoms with van der Waals surface area (Å²) in [6.07, 6.45) is -4.02. The van der Waals surface area contributed by atoms with E-state index < -0.39 is 12.1 Å². The summed E-state index contributed by atoms with van der Waals surface area (Å²) in [4.78, 5) is 10.3. The van der Waals surface area contributed by atoms with Gasteiger partial charge in [-0.3, -0.25) is 4.79 Å². The molecule has 0 aliphatic heterocycles. The zero-order chi connectivity index (χ0) is 11.2. The zero-order valence-electron chi connectivity index (χ0n) is 7.48. The largest absolute Gasteiger partial charge is 0.514 e. The third-order valence-corrected chi connectivity index (χ3v) is 1.41. The molecule has 4 nitrogen and oxygen atoms in total. The Kier molecular flexibility index (Phi) is 4.82. The molecule has 0 aliphatic carbocycles. The van der Waals surface area contributed by atoms with Gasteiger partial charge in [-0.25, -0.2) is 0 Å². The van der Waals surface area contributed by atoms with Gasteiger partial charge in [0.05, 0.1) is 6.26 Å². The van der Waals surface area contributed by atoms with Gasteiger partial charge in [-0.05, 0) is 0 Å². The van der Waals surface area contributed by atoms with Crippen LogP contribution >= 0.6 is 0 Å². The SMILES string of the molecule is CN/C(=C\O)CCNC(=O)C(F)(F)F. The number of alkyl halides is 3. The van der Waals surface area contributed by atoms with E-state index in [0.29, 0.717) is 5.70 Å². The van der Waals surface area contributed by atoms with E-state index in [0.717, 1.165) is 6.26 Å². The Morgan fingerprint density at radius 2 is 2.07 bits per heavy atom. The summed E-state index contributed by atoms with van der Waals surface area (Å²) in [6.45, 7) is -0.189. The summed E-state index contributed by atoms with van der Waals surface area (Å²) >= 11 is 0. The number of carbonyl (C=O) groups excluding carboxylic acids is 1. The Labute approximate surface area is 78.8 Å². The molecule has 0 bridgehead atoms. The van der Waals surface area contributed by atoms with E-state index in [-0.39, 0.29) is 13.0 Å². The highest BCUT2D eigenvalue weighted by molar-refractivity contribution is 5.81. The predicted molar refractivity (Wildman–Crippen MR) is 43.5 cm³/mol. The molecule has 0 aromatic carbocycles. The number of aliphatic hydroxyl groups is 1. The van der Waals surface area contributed by atoms with Crippen LogP contribution in [-0.2, 0) is 4.79 Å². The maximum atomic E-state index is 11.6. The first-order valence-corrected chi connectivity index (χ1v) is 3.78. The Morgan fingerprint density at radius 1 is 1.50 bits per heavy atom. The Bertz CT molecular complexity index is 225. The van der Waals surface area contributed by atoms with Crippen LogP contribution in [0.3, 0.4) is 0 Å². The van der Waals surface area contributed by atoms with Crippen molar-refractivity contribution in [2.24, 2.45) is 0 Å². The number of amides is 1. The average molecular weight is 212 g/mol. The van der Waals surface area contributed by atoms with Crippen molar-refractivity contribution in [3.05, 3.63) is 12.0 Å². The van der Waals surface area contributed by atoms with Crippen molar-refractivity contribution in [1.29, 1.82) is 0 Å². The van der Waals surface area contributed by atoms with Gasteiger partial charge >= 0.3 is 12.1 Å². The topological polar surface area (TPSA) is 61.4 Å². The van der Waals surface area contributed by atoms with Crippen molar-refractivity contribution in [2.45, 2.75) is 12.6 Å². The summed E-state index contributed by atoms with van der Waals surface area (Å²) in [7, 11) is 1.51. The number of aliphatic hydroxyl groups excluding tert-OH is 1. The molecule has 0 saturated carbocycles. The van der Waals surface area contributed by atoms with Gasteiger partial charge in [-0.1, -0.05) is 0 Å². The number of halogens is 3. The normalized spacial score (nSPS) is 12.4. The van der Waals surface area contributed by atoms with Crippen molar-refractivity contribution in [1.82, 2.24) is 10.6 Å². The fraction of sp³-hybridized carbons (Fsp3) is 0.571. The zero-order valence-corrected chi connectivity index (χ0v) is 7.48. The molecule has 0 fully saturated rings. The van der Waals surface area contributed by atoms with Crippen LogP contribution in [0.25, 0.3) is 0 Å². The first kappa shape index (κ1) is 12.6. The van der Waals surface area contributed by atoms with Gasteiger partial charge in [0.1, 0.15) is 0 Å². The van der Waals surface area contributed by atoms with Crippen molar-refractivity contribution < 1.29 is 23.1 Å². The number of hydrogen-bond donors (Lipinski definition) is 3. The second kappa shape index (κ2) is 5.36. The van der Waals surface area contributed by atoms with E-state index in [1.165, 1.54) is 7.05 Å². The molecule has 0 radical (unpaired) electrons. The van der Waals surface area contributed by atoms with Crippen LogP contribution in [0, 0.1) is 0 Å². The lowest BCUT2D eigenvalue weighted by Crippen LogP contribution is -2.37.